The van der Waals surface area contributed by atoms with Crippen molar-refractivity contribution in [2.24, 2.45) is 0 Å². The van der Waals surface area contributed by atoms with Crippen molar-refractivity contribution in [3.05, 3.63) is 34.6 Å². The van der Waals surface area contributed by atoms with Gasteiger partial charge in [0.05, 0.1) is 12.7 Å². The van der Waals surface area contributed by atoms with E-state index in [1.165, 1.54) is 0 Å². The first-order chi connectivity index (χ1) is 7.84. The van der Waals surface area contributed by atoms with E-state index in [1.807, 2.05) is 0 Å². The lowest BCUT2D eigenvalue weighted by atomic mass is 10.2. The van der Waals surface area contributed by atoms with Gasteiger partial charge in [0.25, 0.3) is 0 Å². The molecule has 0 aliphatic heterocycles. The standard InChI is InChI=1S/C10H7ClF3NO2/c1-17-8(16)3-2-6-4-7(10(12,13)14)5-15-9(6)11/h2-5H,1H3. The lowest BCUT2D eigenvalue weighted by Gasteiger charge is -2.07. The lowest BCUT2D eigenvalue weighted by molar-refractivity contribution is -0.138. The summed E-state index contributed by atoms with van der Waals surface area (Å²) in [6.07, 6.45) is -1.82. The third-order valence-electron chi connectivity index (χ3n) is 1.79. The number of rotatable bonds is 2. The molecule has 0 fully saturated rings. The van der Waals surface area contributed by atoms with E-state index in [0.29, 0.717) is 6.20 Å². The summed E-state index contributed by atoms with van der Waals surface area (Å²) in [5, 5.41) is -0.127. The molecule has 1 aromatic rings. The molecule has 0 saturated heterocycles. The van der Waals surface area contributed by atoms with Gasteiger partial charge in [-0.15, -0.1) is 0 Å². The molecule has 7 heteroatoms. The van der Waals surface area contributed by atoms with Crippen LogP contribution in [0.15, 0.2) is 18.3 Å². The molecule has 92 valence electrons. The quantitative estimate of drug-likeness (QED) is 0.469. The molecule has 0 amide bonds. The van der Waals surface area contributed by atoms with Gasteiger partial charge < -0.3 is 4.74 Å². The number of nitrogens with zero attached hydrogens (tertiary/aromatic N) is 1. The molecule has 0 aliphatic rings. The first-order valence-electron chi connectivity index (χ1n) is 4.33. The molecule has 3 nitrogen and oxygen atoms in total. The summed E-state index contributed by atoms with van der Waals surface area (Å²) in [6.45, 7) is 0. The zero-order chi connectivity index (χ0) is 13.1. The summed E-state index contributed by atoms with van der Waals surface area (Å²) in [4.78, 5) is 14.2. The Morgan fingerprint density at radius 2 is 2.18 bits per heavy atom. The van der Waals surface area contributed by atoms with Crippen LogP contribution in [-0.2, 0) is 15.7 Å². The average molecular weight is 266 g/mol. The number of carbonyl (C=O) groups excluding carboxylic acids is 1. The summed E-state index contributed by atoms with van der Waals surface area (Å²) in [5.41, 5.74) is -0.946. The predicted octanol–water partition coefficient (Wildman–Crippen LogP) is 2.94. The fourth-order valence-corrected chi connectivity index (χ4v) is 1.13. The maximum atomic E-state index is 12.4. The van der Waals surface area contributed by atoms with E-state index in [-0.39, 0.29) is 10.7 Å². The van der Waals surface area contributed by atoms with Crippen molar-refractivity contribution in [3.8, 4) is 0 Å². The minimum atomic E-state index is -4.51. The van der Waals surface area contributed by atoms with Gasteiger partial charge in [-0.2, -0.15) is 13.2 Å². The highest BCUT2D eigenvalue weighted by atomic mass is 35.5. The zero-order valence-corrected chi connectivity index (χ0v) is 9.34. The zero-order valence-electron chi connectivity index (χ0n) is 8.58. The van der Waals surface area contributed by atoms with Crippen molar-refractivity contribution in [2.75, 3.05) is 7.11 Å². The number of esters is 1. The Labute approximate surface area is 99.9 Å². The number of methoxy groups -OCH3 is 1. The maximum absolute atomic E-state index is 12.4. The minimum Gasteiger partial charge on any atom is -0.466 e. The molecule has 0 bridgehead atoms. The van der Waals surface area contributed by atoms with E-state index in [1.54, 1.807) is 0 Å². The molecule has 0 spiro atoms. The molecule has 0 radical (unpaired) electrons. The van der Waals surface area contributed by atoms with Crippen LogP contribution < -0.4 is 0 Å². The van der Waals surface area contributed by atoms with Crippen LogP contribution in [0.25, 0.3) is 6.08 Å². The fourth-order valence-electron chi connectivity index (χ4n) is 0.963. The van der Waals surface area contributed by atoms with Gasteiger partial charge in [0.2, 0.25) is 0 Å². The number of halogens is 4. The van der Waals surface area contributed by atoms with Crippen LogP contribution in [0.1, 0.15) is 11.1 Å². The Bertz CT molecular complexity index is 457. The molecule has 0 saturated carbocycles. The highest BCUT2D eigenvalue weighted by Gasteiger charge is 2.31. The topological polar surface area (TPSA) is 39.2 Å². The molecular formula is C10H7ClF3NO2. The van der Waals surface area contributed by atoms with Crippen LogP contribution in [0.3, 0.4) is 0 Å². The Morgan fingerprint density at radius 1 is 1.53 bits per heavy atom. The Hall–Kier alpha value is -1.56. The van der Waals surface area contributed by atoms with Gasteiger partial charge in [-0.3, -0.25) is 0 Å². The third-order valence-corrected chi connectivity index (χ3v) is 2.11. The number of pyridine rings is 1. The normalized spacial score (nSPS) is 11.8. The van der Waals surface area contributed by atoms with Crippen LogP contribution >= 0.6 is 11.6 Å². The van der Waals surface area contributed by atoms with E-state index in [2.05, 4.69) is 9.72 Å². The van der Waals surface area contributed by atoms with Gasteiger partial charge >= 0.3 is 12.1 Å². The molecule has 1 aromatic heterocycles. The van der Waals surface area contributed by atoms with E-state index < -0.39 is 17.7 Å². The second-order valence-corrected chi connectivity index (χ2v) is 3.32. The van der Waals surface area contributed by atoms with Crippen molar-refractivity contribution in [1.82, 2.24) is 4.98 Å². The van der Waals surface area contributed by atoms with Gasteiger partial charge in [-0.25, -0.2) is 9.78 Å². The van der Waals surface area contributed by atoms with Gasteiger partial charge in [0.1, 0.15) is 5.15 Å². The van der Waals surface area contributed by atoms with Crippen LogP contribution in [-0.4, -0.2) is 18.1 Å². The van der Waals surface area contributed by atoms with Crippen LogP contribution in [0.4, 0.5) is 13.2 Å². The number of alkyl halides is 3. The highest BCUT2D eigenvalue weighted by Crippen LogP contribution is 2.30. The van der Waals surface area contributed by atoms with Crippen LogP contribution in [0.5, 0.6) is 0 Å². The van der Waals surface area contributed by atoms with Crippen molar-refractivity contribution in [1.29, 1.82) is 0 Å². The van der Waals surface area contributed by atoms with Gasteiger partial charge in [0, 0.05) is 17.8 Å². The molecule has 1 heterocycles. The number of ether oxygens (including phenoxy) is 1. The predicted molar refractivity (Wildman–Crippen MR) is 55.3 cm³/mol. The Morgan fingerprint density at radius 3 is 2.71 bits per heavy atom. The Balaban J connectivity index is 3.07. The van der Waals surface area contributed by atoms with E-state index in [0.717, 1.165) is 25.3 Å². The first-order valence-corrected chi connectivity index (χ1v) is 4.71. The van der Waals surface area contributed by atoms with E-state index in [9.17, 15) is 18.0 Å². The molecule has 0 unspecified atom stereocenters. The third kappa shape index (κ3) is 3.74. The number of hydrogen-bond donors (Lipinski definition) is 0. The summed E-state index contributed by atoms with van der Waals surface area (Å²) in [5.74, 6) is -0.696. The van der Waals surface area contributed by atoms with Crippen molar-refractivity contribution in [3.63, 3.8) is 0 Å². The first kappa shape index (κ1) is 13.5. The molecular weight excluding hydrogens is 259 g/mol. The van der Waals surface area contributed by atoms with E-state index >= 15 is 0 Å². The molecule has 0 aromatic carbocycles. The summed E-state index contributed by atoms with van der Waals surface area (Å²) < 4.78 is 41.4. The monoisotopic (exact) mass is 265 g/mol. The fraction of sp³-hybridized carbons (Fsp3) is 0.200. The Kier molecular flexibility index (Phi) is 4.11. The SMILES string of the molecule is COC(=O)C=Cc1cc(C(F)(F)F)cnc1Cl. The maximum Gasteiger partial charge on any atom is 0.417 e. The molecule has 0 atom stereocenters. The molecule has 0 N–H and O–H groups in total. The lowest BCUT2D eigenvalue weighted by Crippen LogP contribution is -2.06. The summed E-state index contributed by atoms with van der Waals surface area (Å²) in [7, 11) is 1.15. The smallest absolute Gasteiger partial charge is 0.417 e. The van der Waals surface area contributed by atoms with Gasteiger partial charge in [-0.05, 0) is 12.1 Å². The van der Waals surface area contributed by atoms with Gasteiger partial charge in [0.15, 0.2) is 0 Å². The largest absolute Gasteiger partial charge is 0.466 e. The van der Waals surface area contributed by atoms with Gasteiger partial charge in [-0.1, -0.05) is 11.6 Å². The van der Waals surface area contributed by atoms with Crippen molar-refractivity contribution in [2.45, 2.75) is 6.18 Å². The summed E-state index contributed by atoms with van der Waals surface area (Å²) in [6, 6.07) is 0.800. The summed E-state index contributed by atoms with van der Waals surface area (Å²) >= 11 is 5.59. The molecule has 17 heavy (non-hydrogen) atoms. The highest BCUT2D eigenvalue weighted by molar-refractivity contribution is 6.30. The van der Waals surface area contributed by atoms with Crippen LogP contribution in [0, 0.1) is 0 Å². The average Bonchev–Trinajstić information content (AvgIpc) is 2.26. The molecule has 1 rings (SSSR count). The second-order valence-electron chi connectivity index (χ2n) is 2.96. The van der Waals surface area contributed by atoms with E-state index in [4.69, 9.17) is 11.6 Å². The number of aromatic nitrogens is 1. The molecule has 0 aliphatic carbocycles. The number of hydrogen-bond acceptors (Lipinski definition) is 3. The number of carbonyl (C=O) groups is 1. The van der Waals surface area contributed by atoms with Crippen molar-refractivity contribution < 1.29 is 22.7 Å². The minimum absolute atomic E-state index is 0.00751. The second kappa shape index (κ2) is 5.18. The van der Waals surface area contributed by atoms with Crippen LogP contribution in [0.2, 0.25) is 5.15 Å². The van der Waals surface area contributed by atoms with Crippen molar-refractivity contribution >= 4 is 23.6 Å².